The maximum atomic E-state index is 12.6. The Balaban J connectivity index is 1.83. The second-order valence-corrected chi connectivity index (χ2v) is 3.14. The van der Waals surface area contributed by atoms with Crippen molar-refractivity contribution in [1.82, 2.24) is 25.9 Å². The van der Waals surface area contributed by atoms with Crippen LogP contribution in [0.15, 0.2) is 24.3 Å². The van der Waals surface area contributed by atoms with Crippen molar-refractivity contribution in [3.05, 3.63) is 35.9 Å². The molecule has 8 heteroatoms. The van der Waals surface area contributed by atoms with Crippen molar-refractivity contribution in [1.29, 1.82) is 0 Å². The molecular formula is C9H9FN6O. The standard InChI is InChI=1S/C9H9FN6O/c10-6-1-3-7(4-2-6)12-9(17)11-5-8-13-15-16-14-8/h1-4H,5H2,(H2,11,12,17)(H,13,14,15,16). The maximum absolute atomic E-state index is 12.6. The summed E-state index contributed by atoms with van der Waals surface area (Å²) in [5.74, 6) is 0.0158. The van der Waals surface area contributed by atoms with Crippen molar-refractivity contribution in [2.24, 2.45) is 0 Å². The Hall–Kier alpha value is -2.51. The van der Waals surface area contributed by atoms with E-state index in [1.54, 1.807) is 0 Å². The number of H-pyrrole nitrogens is 1. The molecule has 0 spiro atoms. The fraction of sp³-hybridized carbons (Fsp3) is 0.111. The van der Waals surface area contributed by atoms with Gasteiger partial charge in [0.25, 0.3) is 0 Å². The van der Waals surface area contributed by atoms with Gasteiger partial charge >= 0.3 is 6.03 Å². The van der Waals surface area contributed by atoms with Crippen LogP contribution in [0.3, 0.4) is 0 Å². The van der Waals surface area contributed by atoms with Gasteiger partial charge in [0, 0.05) is 5.69 Å². The topological polar surface area (TPSA) is 95.6 Å². The number of nitrogens with zero attached hydrogens (tertiary/aromatic N) is 3. The van der Waals surface area contributed by atoms with E-state index in [2.05, 4.69) is 31.3 Å². The SMILES string of the molecule is O=C(NCc1nn[nH]n1)Nc1ccc(F)cc1. The van der Waals surface area contributed by atoms with E-state index in [0.717, 1.165) is 0 Å². The molecule has 2 aromatic rings. The molecule has 2 amide bonds. The van der Waals surface area contributed by atoms with Gasteiger partial charge in [0.1, 0.15) is 5.82 Å². The quantitative estimate of drug-likeness (QED) is 0.729. The Morgan fingerprint density at radius 1 is 1.35 bits per heavy atom. The van der Waals surface area contributed by atoms with Crippen molar-refractivity contribution in [2.45, 2.75) is 6.54 Å². The number of aromatic nitrogens is 4. The summed E-state index contributed by atoms with van der Waals surface area (Å²) >= 11 is 0. The van der Waals surface area contributed by atoms with E-state index >= 15 is 0 Å². The number of halogens is 1. The first-order valence-electron chi connectivity index (χ1n) is 4.77. The molecule has 0 fully saturated rings. The lowest BCUT2D eigenvalue weighted by molar-refractivity contribution is 0.251. The second kappa shape index (κ2) is 5.01. The first kappa shape index (κ1) is 11.0. The number of carbonyl (C=O) groups excluding carboxylic acids is 1. The molecule has 0 saturated carbocycles. The highest BCUT2D eigenvalue weighted by atomic mass is 19.1. The summed E-state index contributed by atoms with van der Waals surface area (Å²) in [6, 6.07) is 5.01. The lowest BCUT2D eigenvalue weighted by Crippen LogP contribution is -2.28. The van der Waals surface area contributed by atoms with E-state index in [-0.39, 0.29) is 12.4 Å². The van der Waals surface area contributed by atoms with Crippen molar-refractivity contribution in [3.8, 4) is 0 Å². The molecule has 17 heavy (non-hydrogen) atoms. The largest absolute Gasteiger partial charge is 0.330 e. The van der Waals surface area contributed by atoms with Crippen molar-refractivity contribution in [2.75, 3.05) is 5.32 Å². The van der Waals surface area contributed by atoms with Crippen molar-refractivity contribution < 1.29 is 9.18 Å². The molecule has 0 aliphatic heterocycles. The van der Waals surface area contributed by atoms with Crippen LogP contribution in [0.2, 0.25) is 0 Å². The number of urea groups is 1. The number of benzene rings is 1. The van der Waals surface area contributed by atoms with Gasteiger partial charge in [-0.25, -0.2) is 9.18 Å². The number of carbonyl (C=O) groups is 1. The Labute approximate surface area is 95.4 Å². The minimum atomic E-state index is -0.429. The summed E-state index contributed by atoms with van der Waals surface area (Å²) in [5, 5.41) is 18.0. The summed E-state index contributed by atoms with van der Waals surface area (Å²) in [5.41, 5.74) is 0.497. The Morgan fingerprint density at radius 3 is 2.76 bits per heavy atom. The van der Waals surface area contributed by atoms with E-state index in [4.69, 9.17) is 0 Å². The third-order valence-corrected chi connectivity index (χ3v) is 1.90. The Bertz CT molecular complexity index is 483. The second-order valence-electron chi connectivity index (χ2n) is 3.14. The van der Waals surface area contributed by atoms with E-state index in [1.807, 2.05) is 0 Å². The van der Waals surface area contributed by atoms with Gasteiger partial charge in [0.05, 0.1) is 6.54 Å². The zero-order valence-electron chi connectivity index (χ0n) is 8.64. The lowest BCUT2D eigenvalue weighted by atomic mass is 10.3. The molecular weight excluding hydrogens is 227 g/mol. The third-order valence-electron chi connectivity index (χ3n) is 1.90. The summed E-state index contributed by atoms with van der Waals surface area (Å²) in [6.07, 6.45) is 0. The Kier molecular flexibility index (Phi) is 3.24. The van der Waals surface area contributed by atoms with E-state index in [0.29, 0.717) is 11.5 Å². The zero-order valence-corrected chi connectivity index (χ0v) is 8.64. The summed E-state index contributed by atoms with van der Waals surface area (Å²) < 4.78 is 12.6. The summed E-state index contributed by atoms with van der Waals surface area (Å²) in [4.78, 5) is 11.4. The first-order chi connectivity index (χ1) is 8.24. The van der Waals surface area contributed by atoms with Gasteiger partial charge in [-0.3, -0.25) is 0 Å². The number of hydrogen-bond donors (Lipinski definition) is 3. The highest BCUT2D eigenvalue weighted by molar-refractivity contribution is 5.89. The van der Waals surface area contributed by atoms with Crippen LogP contribution in [0, 0.1) is 5.82 Å². The molecule has 1 aromatic heterocycles. The minimum Gasteiger partial charge on any atom is -0.330 e. The van der Waals surface area contributed by atoms with E-state index in [1.165, 1.54) is 24.3 Å². The summed E-state index contributed by atoms with van der Waals surface area (Å²) in [7, 11) is 0. The van der Waals surface area contributed by atoms with Crippen molar-refractivity contribution in [3.63, 3.8) is 0 Å². The molecule has 0 bridgehead atoms. The van der Waals surface area contributed by atoms with Crippen LogP contribution in [0.4, 0.5) is 14.9 Å². The first-order valence-corrected chi connectivity index (χ1v) is 4.77. The number of rotatable bonds is 3. The third kappa shape index (κ3) is 3.23. The highest BCUT2D eigenvalue weighted by Crippen LogP contribution is 2.07. The molecule has 0 aliphatic rings. The molecule has 0 unspecified atom stereocenters. The smallest absolute Gasteiger partial charge is 0.319 e. The van der Waals surface area contributed by atoms with Gasteiger partial charge in [-0.2, -0.15) is 5.21 Å². The van der Waals surface area contributed by atoms with E-state index in [9.17, 15) is 9.18 Å². The van der Waals surface area contributed by atoms with Gasteiger partial charge in [-0.05, 0) is 24.3 Å². The fourth-order valence-electron chi connectivity index (χ4n) is 1.13. The number of amides is 2. The molecule has 1 aromatic carbocycles. The van der Waals surface area contributed by atoms with Crippen molar-refractivity contribution >= 4 is 11.7 Å². The van der Waals surface area contributed by atoms with Crippen LogP contribution in [0.5, 0.6) is 0 Å². The van der Waals surface area contributed by atoms with Gasteiger partial charge in [-0.15, -0.1) is 10.2 Å². The molecule has 1 heterocycles. The molecule has 88 valence electrons. The number of hydrogen-bond acceptors (Lipinski definition) is 4. The molecule has 0 atom stereocenters. The number of anilines is 1. The molecule has 7 nitrogen and oxygen atoms in total. The average Bonchev–Trinajstić information content (AvgIpc) is 2.83. The monoisotopic (exact) mass is 236 g/mol. The average molecular weight is 236 g/mol. The predicted molar refractivity (Wildman–Crippen MR) is 56.4 cm³/mol. The van der Waals surface area contributed by atoms with Crippen LogP contribution >= 0.6 is 0 Å². The molecule has 2 rings (SSSR count). The fourth-order valence-corrected chi connectivity index (χ4v) is 1.13. The normalized spacial score (nSPS) is 9.94. The minimum absolute atomic E-state index is 0.156. The van der Waals surface area contributed by atoms with Gasteiger partial charge < -0.3 is 10.6 Å². The number of aromatic amines is 1. The van der Waals surface area contributed by atoms with Gasteiger partial charge in [0.15, 0.2) is 5.82 Å². The van der Waals surface area contributed by atoms with Crippen LogP contribution in [0.25, 0.3) is 0 Å². The van der Waals surface area contributed by atoms with Crippen LogP contribution < -0.4 is 10.6 Å². The lowest BCUT2D eigenvalue weighted by Gasteiger charge is -2.05. The summed E-state index contributed by atoms with van der Waals surface area (Å²) in [6.45, 7) is 0.156. The highest BCUT2D eigenvalue weighted by Gasteiger charge is 2.03. The molecule has 3 N–H and O–H groups in total. The molecule has 0 saturated heterocycles. The molecule has 0 aliphatic carbocycles. The zero-order chi connectivity index (χ0) is 12.1. The van der Waals surface area contributed by atoms with E-state index < -0.39 is 6.03 Å². The van der Waals surface area contributed by atoms with Crippen LogP contribution in [0.1, 0.15) is 5.82 Å². The van der Waals surface area contributed by atoms with Crippen LogP contribution in [-0.4, -0.2) is 26.7 Å². The van der Waals surface area contributed by atoms with Gasteiger partial charge in [0.2, 0.25) is 0 Å². The number of tetrazole rings is 1. The van der Waals surface area contributed by atoms with Crippen LogP contribution in [-0.2, 0) is 6.54 Å². The maximum Gasteiger partial charge on any atom is 0.319 e. The molecule has 0 radical (unpaired) electrons. The Morgan fingerprint density at radius 2 is 2.12 bits per heavy atom. The number of nitrogens with one attached hydrogen (secondary N) is 3. The van der Waals surface area contributed by atoms with Gasteiger partial charge in [-0.1, -0.05) is 5.21 Å². The predicted octanol–water partition coefficient (Wildman–Crippen LogP) is 0.660.